The van der Waals surface area contributed by atoms with E-state index in [0.717, 1.165) is 43.3 Å². The molecule has 1 heterocycles. The van der Waals surface area contributed by atoms with Gasteiger partial charge in [0.2, 0.25) is 0 Å². The van der Waals surface area contributed by atoms with Crippen molar-refractivity contribution in [1.29, 1.82) is 0 Å². The van der Waals surface area contributed by atoms with E-state index in [-0.39, 0.29) is 6.04 Å². The number of thiophene rings is 1. The second-order valence-corrected chi connectivity index (χ2v) is 6.82. The average molecular weight is 365 g/mol. The molecule has 0 saturated heterocycles. The molecule has 0 aliphatic heterocycles. The molecule has 116 valence electrons. The smallest absolute Gasteiger partial charge is 0.0702 e. The van der Waals surface area contributed by atoms with Crippen molar-refractivity contribution in [2.45, 2.75) is 19.9 Å². The molecule has 1 unspecified atom stereocenters. The van der Waals surface area contributed by atoms with Crippen LogP contribution in [0.3, 0.4) is 0 Å². The lowest BCUT2D eigenvalue weighted by molar-refractivity contribution is 0.0647. The van der Waals surface area contributed by atoms with E-state index in [1.807, 2.05) is 13.8 Å². The van der Waals surface area contributed by atoms with Gasteiger partial charge >= 0.3 is 0 Å². The summed E-state index contributed by atoms with van der Waals surface area (Å²) in [4.78, 5) is 3.64. The van der Waals surface area contributed by atoms with Crippen molar-refractivity contribution in [3.63, 3.8) is 0 Å². The van der Waals surface area contributed by atoms with Crippen LogP contribution in [0.1, 0.15) is 24.8 Å². The normalized spacial score (nSPS) is 13.1. The van der Waals surface area contributed by atoms with E-state index in [0.29, 0.717) is 6.54 Å². The Morgan fingerprint density at radius 1 is 1.20 bits per heavy atom. The molecule has 4 nitrogen and oxygen atoms in total. The molecule has 0 saturated carbocycles. The summed E-state index contributed by atoms with van der Waals surface area (Å²) in [6, 6.07) is 4.44. The summed E-state index contributed by atoms with van der Waals surface area (Å²) < 4.78 is 12.1. The van der Waals surface area contributed by atoms with Crippen LogP contribution < -0.4 is 5.73 Å². The molecule has 1 aromatic rings. The topological polar surface area (TPSA) is 47.7 Å². The Kier molecular flexibility index (Phi) is 9.67. The molecule has 0 aliphatic rings. The molecule has 2 N–H and O–H groups in total. The summed E-state index contributed by atoms with van der Waals surface area (Å²) >= 11 is 5.26. The van der Waals surface area contributed by atoms with Crippen LogP contribution in [-0.2, 0) is 9.47 Å². The minimum Gasteiger partial charge on any atom is -0.380 e. The first-order valence-corrected chi connectivity index (χ1v) is 8.68. The Labute approximate surface area is 134 Å². The van der Waals surface area contributed by atoms with Gasteiger partial charge in [-0.2, -0.15) is 0 Å². The molecule has 0 fully saturated rings. The van der Waals surface area contributed by atoms with Gasteiger partial charge in [0.1, 0.15) is 0 Å². The van der Waals surface area contributed by atoms with E-state index >= 15 is 0 Å². The molecular formula is C14H25BrN2O2S. The summed E-state index contributed by atoms with van der Waals surface area (Å²) in [7, 11) is 0. The van der Waals surface area contributed by atoms with Crippen molar-refractivity contribution < 1.29 is 9.47 Å². The summed E-state index contributed by atoms with van der Waals surface area (Å²) in [6.45, 7) is 9.33. The summed E-state index contributed by atoms with van der Waals surface area (Å²) in [5.74, 6) is 0. The van der Waals surface area contributed by atoms with E-state index in [4.69, 9.17) is 15.2 Å². The van der Waals surface area contributed by atoms with Crippen LogP contribution in [0.15, 0.2) is 15.9 Å². The second kappa shape index (κ2) is 10.7. The molecule has 1 aromatic heterocycles. The zero-order valence-electron chi connectivity index (χ0n) is 12.3. The number of nitrogens with zero attached hydrogens (tertiary/aromatic N) is 1. The molecule has 0 radical (unpaired) electrons. The third kappa shape index (κ3) is 6.20. The lowest BCUT2D eigenvalue weighted by Gasteiger charge is -2.30. The Morgan fingerprint density at radius 2 is 1.80 bits per heavy atom. The van der Waals surface area contributed by atoms with E-state index in [1.165, 1.54) is 4.88 Å². The van der Waals surface area contributed by atoms with Gasteiger partial charge in [-0.15, -0.1) is 11.3 Å². The largest absolute Gasteiger partial charge is 0.380 e. The Balaban J connectivity index is 2.65. The number of ether oxygens (including phenoxy) is 2. The summed E-state index contributed by atoms with van der Waals surface area (Å²) in [5, 5.41) is 0. The highest BCUT2D eigenvalue weighted by Crippen LogP contribution is 2.30. The molecule has 0 amide bonds. The molecule has 1 rings (SSSR count). The van der Waals surface area contributed by atoms with Gasteiger partial charge in [0, 0.05) is 37.7 Å². The van der Waals surface area contributed by atoms with Gasteiger partial charge in [-0.05, 0) is 41.9 Å². The van der Waals surface area contributed by atoms with Crippen LogP contribution in [0.4, 0.5) is 0 Å². The first kappa shape index (κ1) is 18.1. The molecule has 0 aliphatic carbocycles. The van der Waals surface area contributed by atoms with Crippen LogP contribution in [0.25, 0.3) is 0 Å². The average Bonchev–Trinajstić information content (AvgIpc) is 2.86. The fraction of sp³-hybridized carbons (Fsp3) is 0.714. The maximum absolute atomic E-state index is 5.99. The van der Waals surface area contributed by atoms with Crippen LogP contribution in [0.2, 0.25) is 0 Å². The fourth-order valence-electron chi connectivity index (χ4n) is 2.03. The Morgan fingerprint density at radius 3 is 2.20 bits per heavy atom. The molecule has 0 spiro atoms. The van der Waals surface area contributed by atoms with Crippen LogP contribution in [-0.4, -0.2) is 51.0 Å². The highest BCUT2D eigenvalue weighted by molar-refractivity contribution is 9.11. The van der Waals surface area contributed by atoms with Gasteiger partial charge in [0.05, 0.1) is 23.0 Å². The highest BCUT2D eigenvalue weighted by Gasteiger charge is 2.20. The van der Waals surface area contributed by atoms with Gasteiger partial charge in [-0.25, -0.2) is 0 Å². The quantitative estimate of drug-likeness (QED) is 0.613. The van der Waals surface area contributed by atoms with E-state index < -0.39 is 0 Å². The van der Waals surface area contributed by atoms with Gasteiger partial charge in [-0.3, -0.25) is 4.90 Å². The fourth-order valence-corrected chi connectivity index (χ4v) is 3.60. The maximum Gasteiger partial charge on any atom is 0.0702 e. The van der Waals surface area contributed by atoms with Crippen molar-refractivity contribution in [3.8, 4) is 0 Å². The number of hydrogen-bond donors (Lipinski definition) is 1. The molecule has 20 heavy (non-hydrogen) atoms. The second-order valence-electron chi connectivity index (χ2n) is 4.32. The number of halogens is 1. The Bertz CT molecular complexity index is 353. The zero-order chi connectivity index (χ0) is 14.8. The monoisotopic (exact) mass is 364 g/mol. The third-order valence-electron chi connectivity index (χ3n) is 3.04. The van der Waals surface area contributed by atoms with Crippen LogP contribution >= 0.6 is 27.3 Å². The van der Waals surface area contributed by atoms with Crippen molar-refractivity contribution in [3.05, 3.63) is 20.8 Å². The highest BCUT2D eigenvalue weighted by atomic mass is 79.9. The van der Waals surface area contributed by atoms with E-state index in [9.17, 15) is 0 Å². The molecular weight excluding hydrogens is 340 g/mol. The first-order chi connectivity index (χ1) is 9.72. The van der Waals surface area contributed by atoms with Crippen molar-refractivity contribution in [2.24, 2.45) is 5.73 Å². The van der Waals surface area contributed by atoms with Crippen LogP contribution in [0.5, 0.6) is 0 Å². The van der Waals surface area contributed by atoms with Crippen molar-refractivity contribution >= 4 is 27.3 Å². The number of rotatable bonds is 11. The van der Waals surface area contributed by atoms with Gasteiger partial charge in [-0.1, -0.05) is 0 Å². The summed E-state index contributed by atoms with van der Waals surface area (Å²) in [5.41, 5.74) is 5.99. The lowest BCUT2D eigenvalue weighted by atomic mass is 10.2. The lowest BCUT2D eigenvalue weighted by Crippen LogP contribution is -2.38. The first-order valence-electron chi connectivity index (χ1n) is 7.07. The summed E-state index contributed by atoms with van der Waals surface area (Å²) in [6.07, 6.45) is 0. The van der Waals surface area contributed by atoms with Crippen molar-refractivity contribution in [2.75, 3.05) is 46.1 Å². The van der Waals surface area contributed by atoms with Crippen molar-refractivity contribution in [1.82, 2.24) is 4.90 Å². The van der Waals surface area contributed by atoms with Crippen LogP contribution in [0, 0.1) is 0 Å². The van der Waals surface area contributed by atoms with Gasteiger partial charge in [0.25, 0.3) is 0 Å². The zero-order valence-corrected chi connectivity index (χ0v) is 14.7. The predicted molar refractivity (Wildman–Crippen MR) is 88.4 cm³/mol. The Hall–Kier alpha value is 0.0200. The van der Waals surface area contributed by atoms with Gasteiger partial charge in [0.15, 0.2) is 0 Å². The molecule has 0 bridgehead atoms. The van der Waals surface area contributed by atoms with Gasteiger partial charge < -0.3 is 15.2 Å². The minimum absolute atomic E-state index is 0.229. The standard InChI is InChI=1S/C14H25BrN2O2S/c1-3-18-9-7-17(8-10-19-4-2)12(11-16)13-5-6-14(15)20-13/h5-6,12H,3-4,7-11,16H2,1-2H3. The SMILES string of the molecule is CCOCCN(CCOCC)C(CN)c1ccc(Br)s1. The molecule has 6 heteroatoms. The maximum atomic E-state index is 5.99. The number of hydrogen-bond acceptors (Lipinski definition) is 5. The van der Waals surface area contributed by atoms with E-state index in [1.54, 1.807) is 11.3 Å². The molecule has 0 aromatic carbocycles. The molecule has 1 atom stereocenters. The van der Waals surface area contributed by atoms with E-state index in [2.05, 4.69) is 33.0 Å². The third-order valence-corrected chi connectivity index (χ3v) is 4.77. The minimum atomic E-state index is 0.229. The number of nitrogens with two attached hydrogens (primary N) is 1. The predicted octanol–water partition coefficient (Wildman–Crippen LogP) is 2.89.